The molecule has 6 heteroatoms. The van der Waals surface area contributed by atoms with Crippen LogP contribution < -0.4 is 10.1 Å². The molecule has 2 aromatic carbocycles. The van der Waals surface area contributed by atoms with Gasteiger partial charge in [0.25, 0.3) is 0 Å². The average Bonchev–Trinajstić information content (AvgIpc) is 3.31. The average molecular weight is 406 g/mol. The van der Waals surface area contributed by atoms with Crippen molar-refractivity contribution < 1.29 is 9.53 Å². The molecule has 0 aliphatic heterocycles. The van der Waals surface area contributed by atoms with Gasteiger partial charge < -0.3 is 10.1 Å². The fourth-order valence-corrected chi connectivity index (χ4v) is 4.14. The highest BCUT2D eigenvalue weighted by Crippen LogP contribution is 2.24. The maximum Gasteiger partial charge on any atom is 0.226 e. The molecule has 0 saturated carbocycles. The van der Waals surface area contributed by atoms with E-state index < -0.39 is 0 Å². The predicted octanol–water partition coefficient (Wildman–Crippen LogP) is 4.88. The number of carbonyl (C=O) groups excluding carboxylic acids is 1. The number of nitrogens with zero attached hydrogens (tertiary/aromatic N) is 2. The van der Waals surface area contributed by atoms with Crippen molar-refractivity contribution in [3.63, 3.8) is 0 Å². The molecule has 0 radical (unpaired) electrons. The van der Waals surface area contributed by atoms with Crippen LogP contribution in [0.4, 0.5) is 0 Å². The molecule has 2 heterocycles. The Labute approximate surface area is 174 Å². The van der Waals surface area contributed by atoms with Crippen LogP contribution in [-0.4, -0.2) is 21.9 Å². The molecule has 1 atom stereocenters. The van der Waals surface area contributed by atoms with Crippen molar-refractivity contribution in [3.8, 4) is 17.0 Å². The van der Waals surface area contributed by atoms with Crippen LogP contribution in [0.1, 0.15) is 31.1 Å². The summed E-state index contributed by atoms with van der Waals surface area (Å²) in [5.74, 6) is 0.825. The molecule has 0 bridgehead atoms. The Bertz CT molecular complexity index is 1100. The van der Waals surface area contributed by atoms with Crippen LogP contribution in [0, 0.1) is 0 Å². The smallest absolute Gasteiger partial charge is 0.226 e. The normalized spacial score (nSPS) is 12.1. The van der Waals surface area contributed by atoms with E-state index in [9.17, 15) is 4.79 Å². The summed E-state index contributed by atoms with van der Waals surface area (Å²) < 4.78 is 7.48. The van der Waals surface area contributed by atoms with Crippen LogP contribution in [-0.2, 0) is 11.2 Å². The standard InChI is InChI=1S/C23H23N3O2S/c1-3-28-20-11-9-17(10-12-20)16(2)24-22(27)13-19-15-29-23-25-21(14-26(19)23)18-7-5-4-6-8-18/h4-12,14-16H,3,13H2,1-2H3,(H,24,27). The molecule has 0 aliphatic carbocycles. The predicted molar refractivity (Wildman–Crippen MR) is 116 cm³/mol. The van der Waals surface area contributed by atoms with E-state index in [4.69, 9.17) is 4.74 Å². The molecule has 148 valence electrons. The van der Waals surface area contributed by atoms with Gasteiger partial charge in [-0.15, -0.1) is 11.3 Å². The molecule has 4 aromatic rings. The first-order valence-corrected chi connectivity index (χ1v) is 10.5. The third kappa shape index (κ3) is 4.32. The molecule has 4 rings (SSSR count). The second-order valence-corrected chi connectivity index (χ2v) is 7.68. The minimum atomic E-state index is -0.0741. The summed E-state index contributed by atoms with van der Waals surface area (Å²) in [4.78, 5) is 18.2. The van der Waals surface area contributed by atoms with E-state index in [1.165, 1.54) is 0 Å². The van der Waals surface area contributed by atoms with Crippen LogP contribution >= 0.6 is 11.3 Å². The molecule has 29 heavy (non-hydrogen) atoms. The fraction of sp³-hybridized carbons (Fsp3) is 0.217. The number of carbonyl (C=O) groups is 1. The second-order valence-electron chi connectivity index (χ2n) is 6.84. The van der Waals surface area contributed by atoms with Gasteiger partial charge in [0, 0.05) is 22.8 Å². The van der Waals surface area contributed by atoms with Crippen molar-refractivity contribution >= 4 is 22.2 Å². The molecule has 0 saturated heterocycles. The molecule has 0 aliphatic rings. The number of hydrogen-bond acceptors (Lipinski definition) is 4. The van der Waals surface area contributed by atoms with E-state index in [1.54, 1.807) is 11.3 Å². The van der Waals surface area contributed by atoms with E-state index in [2.05, 4.69) is 10.3 Å². The van der Waals surface area contributed by atoms with Gasteiger partial charge in [-0.2, -0.15) is 0 Å². The maximum absolute atomic E-state index is 12.6. The summed E-state index contributed by atoms with van der Waals surface area (Å²) in [6, 6.07) is 17.8. The fourth-order valence-electron chi connectivity index (χ4n) is 3.26. The van der Waals surface area contributed by atoms with Crippen LogP contribution in [0.25, 0.3) is 16.2 Å². The SMILES string of the molecule is CCOc1ccc(C(C)NC(=O)Cc2csc3nc(-c4ccccc4)cn23)cc1. The Kier molecular flexibility index (Phi) is 5.62. The van der Waals surface area contributed by atoms with E-state index in [0.717, 1.165) is 33.2 Å². The Morgan fingerprint density at radius 1 is 1.17 bits per heavy atom. The zero-order chi connectivity index (χ0) is 20.2. The lowest BCUT2D eigenvalue weighted by molar-refractivity contribution is -0.121. The Morgan fingerprint density at radius 2 is 1.93 bits per heavy atom. The van der Waals surface area contributed by atoms with Crippen molar-refractivity contribution in [2.24, 2.45) is 0 Å². The summed E-state index contributed by atoms with van der Waals surface area (Å²) in [6.07, 6.45) is 2.31. The third-order valence-corrected chi connectivity index (χ3v) is 5.65. The van der Waals surface area contributed by atoms with Crippen molar-refractivity contribution in [1.29, 1.82) is 0 Å². The first-order valence-electron chi connectivity index (χ1n) is 9.67. The molecular formula is C23H23N3O2S. The number of imidazole rings is 1. The number of hydrogen-bond donors (Lipinski definition) is 1. The van der Waals surface area contributed by atoms with Crippen molar-refractivity contribution in [3.05, 3.63) is 77.4 Å². The van der Waals surface area contributed by atoms with Gasteiger partial charge in [0.05, 0.1) is 24.8 Å². The van der Waals surface area contributed by atoms with Gasteiger partial charge in [-0.05, 0) is 31.5 Å². The summed E-state index contributed by atoms with van der Waals surface area (Å²) in [5, 5.41) is 5.08. The highest BCUT2D eigenvalue weighted by molar-refractivity contribution is 7.15. The summed E-state index contributed by atoms with van der Waals surface area (Å²) in [7, 11) is 0. The third-order valence-electron chi connectivity index (χ3n) is 4.76. The largest absolute Gasteiger partial charge is 0.494 e. The van der Waals surface area contributed by atoms with Gasteiger partial charge in [-0.1, -0.05) is 42.5 Å². The first-order chi connectivity index (χ1) is 14.1. The summed E-state index contributed by atoms with van der Waals surface area (Å²) in [6.45, 7) is 4.59. The molecule has 0 spiro atoms. The Balaban J connectivity index is 1.44. The van der Waals surface area contributed by atoms with Crippen LogP contribution in [0.15, 0.2) is 66.2 Å². The van der Waals surface area contributed by atoms with Gasteiger partial charge >= 0.3 is 0 Å². The molecule has 1 N–H and O–H groups in total. The second kappa shape index (κ2) is 8.49. The van der Waals surface area contributed by atoms with Gasteiger partial charge in [0.1, 0.15) is 5.75 Å². The Morgan fingerprint density at radius 3 is 2.66 bits per heavy atom. The summed E-state index contributed by atoms with van der Waals surface area (Å²) >= 11 is 1.55. The van der Waals surface area contributed by atoms with Crippen LogP contribution in [0.3, 0.4) is 0 Å². The van der Waals surface area contributed by atoms with Gasteiger partial charge in [-0.3, -0.25) is 9.20 Å². The highest BCUT2D eigenvalue weighted by atomic mass is 32.1. The zero-order valence-electron chi connectivity index (χ0n) is 16.5. The van der Waals surface area contributed by atoms with Crippen LogP contribution in [0.5, 0.6) is 5.75 Å². The monoisotopic (exact) mass is 405 g/mol. The summed E-state index contributed by atoms with van der Waals surface area (Å²) in [5.41, 5.74) is 3.98. The molecular weight excluding hydrogens is 382 g/mol. The molecule has 0 fully saturated rings. The number of thiazole rings is 1. The van der Waals surface area contributed by atoms with E-state index in [-0.39, 0.29) is 11.9 Å². The number of aromatic nitrogens is 2. The van der Waals surface area contributed by atoms with E-state index >= 15 is 0 Å². The number of fused-ring (bicyclic) bond motifs is 1. The van der Waals surface area contributed by atoms with Crippen LogP contribution in [0.2, 0.25) is 0 Å². The molecule has 1 amide bonds. The highest BCUT2D eigenvalue weighted by Gasteiger charge is 2.15. The Hall–Kier alpha value is -3.12. The minimum Gasteiger partial charge on any atom is -0.494 e. The lowest BCUT2D eigenvalue weighted by Gasteiger charge is -2.15. The number of ether oxygens (including phenoxy) is 1. The molecule has 5 nitrogen and oxygen atoms in total. The number of amides is 1. The number of rotatable bonds is 7. The van der Waals surface area contributed by atoms with Crippen molar-refractivity contribution in [1.82, 2.24) is 14.7 Å². The molecule has 2 aromatic heterocycles. The van der Waals surface area contributed by atoms with Gasteiger partial charge in [0.2, 0.25) is 5.91 Å². The van der Waals surface area contributed by atoms with Gasteiger partial charge in [-0.25, -0.2) is 4.98 Å². The number of nitrogens with one attached hydrogen (secondary N) is 1. The lowest BCUT2D eigenvalue weighted by Crippen LogP contribution is -2.28. The maximum atomic E-state index is 12.6. The van der Waals surface area contributed by atoms with E-state index in [0.29, 0.717) is 13.0 Å². The minimum absolute atomic E-state index is 0.0129. The van der Waals surface area contributed by atoms with Gasteiger partial charge in [0.15, 0.2) is 4.96 Å². The zero-order valence-corrected chi connectivity index (χ0v) is 17.3. The topological polar surface area (TPSA) is 55.6 Å². The van der Waals surface area contributed by atoms with Crippen molar-refractivity contribution in [2.45, 2.75) is 26.3 Å². The lowest BCUT2D eigenvalue weighted by atomic mass is 10.1. The first kappa shape index (κ1) is 19.2. The van der Waals surface area contributed by atoms with Crippen molar-refractivity contribution in [2.75, 3.05) is 6.61 Å². The quantitative estimate of drug-likeness (QED) is 0.477. The van der Waals surface area contributed by atoms with E-state index in [1.807, 2.05) is 84.4 Å². The molecule has 1 unspecified atom stereocenters. The number of benzene rings is 2.